The standard InChI is InChI=1S/C22H24F3NO2S/c1-12-10-13(2)20(15(4)27)14(3)17(12)11-29-16(5)21(28)26-19-9-7-6-8-18(19)22(23,24)25/h6-10,16H,11H2,1-5H3,(H,26,28). The van der Waals surface area contributed by atoms with Crippen LogP contribution in [0.15, 0.2) is 30.3 Å². The Morgan fingerprint density at radius 1 is 1.10 bits per heavy atom. The van der Waals surface area contributed by atoms with Crippen LogP contribution in [0.2, 0.25) is 0 Å². The van der Waals surface area contributed by atoms with Crippen molar-refractivity contribution in [2.45, 2.75) is 51.8 Å². The quantitative estimate of drug-likeness (QED) is 0.572. The van der Waals surface area contributed by atoms with Gasteiger partial charge in [-0.15, -0.1) is 11.8 Å². The van der Waals surface area contributed by atoms with Crippen LogP contribution in [0.25, 0.3) is 0 Å². The van der Waals surface area contributed by atoms with E-state index in [9.17, 15) is 22.8 Å². The molecule has 3 nitrogen and oxygen atoms in total. The van der Waals surface area contributed by atoms with Gasteiger partial charge in [-0.3, -0.25) is 9.59 Å². The average molecular weight is 424 g/mol. The molecule has 0 saturated heterocycles. The number of nitrogens with one attached hydrogen (secondary N) is 1. The number of ketones is 1. The third-order valence-electron chi connectivity index (χ3n) is 4.82. The smallest absolute Gasteiger partial charge is 0.325 e. The Hall–Kier alpha value is -2.28. The van der Waals surface area contributed by atoms with Crippen molar-refractivity contribution < 1.29 is 22.8 Å². The number of anilines is 1. The fourth-order valence-electron chi connectivity index (χ4n) is 3.35. The summed E-state index contributed by atoms with van der Waals surface area (Å²) in [5.41, 5.74) is 3.35. The molecule has 0 radical (unpaired) electrons. The second-order valence-electron chi connectivity index (χ2n) is 7.03. The van der Waals surface area contributed by atoms with E-state index in [1.54, 1.807) is 6.92 Å². The molecule has 0 aliphatic carbocycles. The molecule has 0 aliphatic rings. The predicted molar refractivity (Wildman–Crippen MR) is 111 cm³/mol. The van der Waals surface area contributed by atoms with Crippen LogP contribution in [0, 0.1) is 20.8 Å². The number of carbonyl (C=O) groups excluding carboxylic acids is 2. The second-order valence-corrected chi connectivity index (χ2v) is 8.36. The number of rotatable bonds is 6. The normalized spacial score (nSPS) is 12.6. The average Bonchev–Trinajstić information content (AvgIpc) is 2.60. The summed E-state index contributed by atoms with van der Waals surface area (Å²) in [7, 11) is 0. The number of para-hydroxylation sites is 1. The molecule has 0 fully saturated rings. The Balaban J connectivity index is 2.15. The van der Waals surface area contributed by atoms with E-state index in [0.717, 1.165) is 28.3 Å². The molecular weight excluding hydrogens is 399 g/mol. The number of carbonyl (C=O) groups is 2. The first-order valence-corrected chi connectivity index (χ1v) is 10.2. The topological polar surface area (TPSA) is 46.2 Å². The Bertz CT molecular complexity index is 938. The Morgan fingerprint density at radius 3 is 2.31 bits per heavy atom. The van der Waals surface area contributed by atoms with Crippen molar-refractivity contribution in [2.75, 3.05) is 5.32 Å². The van der Waals surface area contributed by atoms with Crippen LogP contribution in [-0.4, -0.2) is 16.9 Å². The molecule has 0 saturated carbocycles. The van der Waals surface area contributed by atoms with Crippen molar-refractivity contribution in [3.05, 3.63) is 63.7 Å². The molecule has 2 aromatic rings. The molecule has 0 spiro atoms. The van der Waals surface area contributed by atoms with Gasteiger partial charge in [0, 0.05) is 11.3 Å². The van der Waals surface area contributed by atoms with Gasteiger partial charge in [-0.25, -0.2) is 0 Å². The number of alkyl halides is 3. The summed E-state index contributed by atoms with van der Waals surface area (Å²) < 4.78 is 39.3. The minimum Gasteiger partial charge on any atom is -0.325 e. The molecule has 0 aromatic heterocycles. The molecule has 156 valence electrons. The van der Waals surface area contributed by atoms with Crippen molar-refractivity contribution in [1.29, 1.82) is 0 Å². The maximum atomic E-state index is 13.1. The number of hydrogen-bond acceptors (Lipinski definition) is 3. The zero-order chi connectivity index (χ0) is 21.9. The summed E-state index contributed by atoms with van der Waals surface area (Å²) in [6.07, 6.45) is -4.54. The molecule has 2 rings (SSSR count). The first kappa shape index (κ1) is 23.0. The summed E-state index contributed by atoms with van der Waals surface area (Å²) in [5, 5.41) is 1.82. The van der Waals surface area contributed by atoms with Crippen molar-refractivity contribution in [2.24, 2.45) is 0 Å². The molecule has 0 bridgehead atoms. The molecule has 0 heterocycles. The maximum Gasteiger partial charge on any atom is 0.418 e. The third-order valence-corrected chi connectivity index (χ3v) is 5.99. The lowest BCUT2D eigenvalue weighted by Gasteiger charge is -2.18. The molecule has 2 aromatic carbocycles. The summed E-state index contributed by atoms with van der Waals surface area (Å²) in [6.45, 7) is 8.90. The molecule has 0 aliphatic heterocycles. The lowest BCUT2D eigenvalue weighted by molar-refractivity contribution is -0.137. The van der Waals surface area contributed by atoms with Crippen LogP contribution >= 0.6 is 11.8 Å². The third kappa shape index (κ3) is 5.41. The summed E-state index contributed by atoms with van der Waals surface area (Å²) in [6, 6.07) is 6.86. The fraction of sp³-hybridized carbons (Fsp3) is 0.364. The van der Waals surface area contributed by atoms with Gasteiger partial charge >= 0.3 is 6.18 Å². The van der Waals surface area contributed by atoms with E-state index in [0.29, 0.717) is 11.3 Å². The SMILES string of the molecule is CC(=O)c1c(C)cc(C)c(CSC(C)C(=O)Nc2ccccc2C(F)(F)F)c1C. The highest BCUT2D eigenvalue weighted by atomic mass is 32.2. The van der Waals surface area contributed by atoms with Gasteiger partial charge in [0.2, 0.25) is 5.91 Å². The molecule has 1 amide bonds. The van der Waals surface area contributed by atoms with Gasteiger partial charge in [-0.2, -0.15) is 13.2 Å². The van der Waals surface area contributed by atoms with E-state index >= 15 is 0 Å². The minimum atomic E-state index is -4.54. The van der Waals surface area contributed by atoms with Crippen molar-refractivity contribution in [1.82, 2.24) is 0 Å². The van der Waals surface area contributed by atoms with E-state index in [4.69, 9.17) is 0 Å². The highest BCUT2D eigenvalue weighted by molar-refractivity contribution is 7.99. The highest BCUT2D eigenvalue weighted by Crippen LogP contribution is 2.35. The van der Waals surface area contributed by atoms with Crippen molar-refractivity contribution >= 4 is 29.1 Å². The summed E-state index contributed by atoms with van der Waals surface area (Å²) >= 11 is 1.32. The van der Waals surface area contributed by atoms with Crippen LogP contribution in [-0.2, 0) is 16.7 Å². The fourth-order valence-corrected chi connectivity index (χ4v) is 4.42. The van der Waals surface area contributed by atoms with E-state index in [2.05, 4.69) is 5.32 Å². The number of halogens is 3. The molecule has 7 heteroatoms. The van der Waals surface area contributed by atoms with Gasteiger partial charge in [0.1, 0.15) is 0 Å². The van der Waals surface area contributed by atoms with Crippen LogP contribution in [0.4, 0.5) is 18.9 Å². The Kier molecular flexibility index (Phi) is 7.16. The molecule has 1 unspecified atom stereocenters. The predicted octanol–water partition coefficient (Wildman–Crippen LogP) is 6.09. The van der Waals surface area contributed by atoms with E-state index in [1.165, 1.54) is 36.9 Å². The molecular formula is C22H24F3NO2S. The van der Waals surface area contributed by atoms with E-state index in [1.807, 2.05) is 26.8 Å². The summed E-state index contributed by atoms with van der Waals surface area (Å²) in [5.74, 6) is -0.0324. The van der Waals surface area contributed by atoms with Gasteiger partial charge in [0.25, 0.3) is 0 Å². The minimum absolute atomic E-state index is 0.0131. The highest BCUT2D eigenvalue weighted by Gasteiger charge is 2.33. The number of benzene rings is 2. The second kappa shape index (κ2) is 9.03. The van der Waals surface area contributed by atoms with Gasteiger partial charge in [0.05, 0.1) is 16.5 Å². The zero-order valence-corrected chi connectivity index (χ0v) is 17.8. The number of aryl methyl sites for hydroxylation is 2. The summed E-state index contributed by atoms with van der Waals surface area (Å²) in [4.78, 5) is 24.4. The Morgan fingerprint density at radius 2 is 1.72 bits per heavy atom. The number of thioether (sulfide) groups is 1. The number of Topliss-reactive ketones (excluding diaryl/α,β-unsaturated/α-hetero) is 1. The maximum absolute atomic E-state index is 13.1. The van der Waals surface area contributed by atoms with Crippen LogP contribution in [0.5, 0.6) is 0 Å². The van der Waals surface area contributed by atoms with Crippen LogP contribution in [0.1, 0.15) is 52.0 Å². The van der Waals surface area contributed by atoms with Crippen LogP contribution < -0.4 is 5.32 Å². The first-order valence-electron chi connectivity index (χ1n) is 9.12. The first-order chi connectivity index (χ1) is 13.4. The van der Waals surface area contributed by atoms with Crippen molar-refractivity contribution in [3.8, 4) is 0 Å². The molecule has 29 heavy (non-hydrogen) atoms. The number of amides is 1. The van der Waals surface area contributed by atoms with Gasteiger partial charge in [0.15, 0.2) is 5.78 Å². The molecule has 1 N–H and O–H groups in total. The zero-order valence-electron chi connectivity index (χ0n) is 17.0. The monoisotopic (exact) mass is 423 g/mol. The van der Waals surface area contributed by atoms with Crippen molar-refractivity contribution in [3.63, 3.8) is 0 Å². The lowest BCUT2D eigenvalue weighted by atomic mass is 9.92. The van der Waals surface area contributed by atoms with E-state index < -0.39 is 22.9 Å². The van der Waals surface area contributed by atoms with Gasteiger partial charge in [-0.1, -0.05) is 18.2 Å². The van der Waals surface area contributed by atoms with Crippen LogP contribution in [0.3, 0.4) is 0 Å². The lowest BCUT2D eigenvalue weighted by Crippen LogP contribution is -2.24. The van der Waals surface area contributed by atoms with E-state index in [-0.39, 0.29) is 11.5 Å². The number of hydrogen-bond donors (Lipinski definition) is 1. The molecule has 1 atom stereocenters. The van der Waals surface area contributed by atoms with Gasteiger partial charge in [-0.05, 0) is 69.0 Å². The van der Waals surface area contributed by atoms with Gasteiger partial charge < -0.3 is 5.32 Å². The largest absolute Gasteiger partial charge is 0.418 e. The Labute approximate surface area is 173 Å².